The van der Waals surface area contributed by atoms with Gasteiger partial charge in [-0.15, -0.1) is 0 Å². The summed E-state index contributed by atoms with van der Waals surface area (Å²) in [6.07, 6.45) is 5.53. The molecule has 92 valence electrons. The number of rotatable bonds is 3. The van der Waals surface area contributed by atoms with E-state index in [9.17, 15) is 0 Å². The third kappa shape index (κ3) is 2.81. The SMILES string of the molecule is NC1CC(CC2CC2)CN(c2ccccc2)C1. The standard InChI is InChI=1S/C15H22N2/c16-14-9-13(8-12-6-7-12)10-17(11-14)15-4-2-1-3-5-15/h1-5,12-14H,6-11,16H2. The molecule has 2 unspecified atom stereocenters. The quantitative estimate of drug-likeness (QED) is 0.865. The lowest BCUT2D eigenvalue weighted by atomic mass is 9.90. The van der Waals surface area contributed by atoms with Crippen LogP contribution in [0.15, 0.2) is 30.3 Å². The fraction of sp³-hybridized carbons (Fsp3) is 0.600. The lowest BCUT2D eigenvalue weighted by Crippen LogP contribution is -2.47. The second-order valence-electron chi connectivity index (χ2n) is 5.78. The van der Waals surface area contributed by atoms with Gasteiger partial charge < -0.3 is 10.6 Å². The van der Waals surface area contributed by atoms with Crippen LogP contribution in [0.2, 0.25) is 0 Å². The fourth-order valence-corrected chi connectivity index (χ4v) is 3.09. The summed E-state index contributed by atoms with van der Waals surface area (Å²) < 4.78 is 0. The van der Waals surface area contributed by atoms with Crippen molar-refractivity contribution in [1.29, 1.82) is 0 Å². The lowest BCUT2D eigenvalue weighted by molar-refractivity contribution is 0.344. The smallest absolute Gasteiger partial charge is 0.0366 e. The van der Waals surface area contributed by atoms with Gasteiger partial charge in [0.25, 0.3) is 0 Å². The third-order valence-electron chi connectivity index (χ3n) is 4.05. The van der Waals surface area contributed by atoms with Crippen molar-refractivity contribution in [3.8, 4) is 0 Å². The third-order valence-corrected chi connectivity index (χ3v) is 4.05. The number of benzene rings is 1. The summed E-state index contributed by atoms with van der Waals surface area (Å²) in [6, 6.07) is 11.1. The summed E-state index contributed by atoms with van der Waals surface area (Å²) in [5, 5.41) is 0. The number of hydrogen-bond donors (Lipinski definition) is 1. The topological polar surface area (TPSA) is 29.3 Å². The molecule has 1 aromatic rings. The Morgan fingerprint density at radius 1 is 1.06 bits per heavy atom. The minimum Gasteiger partial charge on any atom is -0.370 e. The predicted molar refractivity (Wildman–Crippen MR) is 72.1 cm³/mol. The molecule has 1 heterocycles. The number of nitrogens with two attached hydrogens (primary N) is 1. The first-order valence-electron chi connectivity index (χ1n) is 6.87. The van der Waals surface area contributed by atoms with E-state index in [0.717, 1.165) is 18.4 Å². The van der Waals surface area contributed by atoms with E-state index in [1.807, 2.05) is 0 Å². The summed E-state index contributed by atoms with van der Waals surface area (Å²) in [6.45, 7) is 2.22. The monoisotopic (exact) mass is 230 g/mol. The van der Waals surface area contributed by atoms with Crippen molar-refractivity contribution < 1.29 is 0 Å². The molecule has 0 amide bonds. The maximum Gasteiger partial charge on any atom is 0.0366 e. The van der Waals surface area contributed by atoms with E-state index in [1.54, 1.807) is 0 Å². The minimum absolute atomic E-state index is 0.354. The van der Waals surface area contributed by atoms with Gasteiger partial charge in [-0.05, 0) is 36.8 Å². The molecule has 1 aliphatic carbocycles. The maximum absolute atomic E-state index is 6.21. The van der Waals surface area contributed by atoms with Crippen LogP contribution in [0.25, 0.3) is 0 Å². The average Bonchev–Trinajstić information content (AvgIpc) is 3.13. The molecule has 0 aromatic heterocycles. The molecular formula is C15H22N2. The summed E-state index contributed by atoms with van der Waals surface area (Å²) in [4.78, 5) is 2.47. The van der Waals surface area contributed by atoms with E-state index in [1.165, 1.54) is 37.9 Å². The molecule has 1 aliphatic heterocycles. The Bertz CT molecular complexity index is 356. The number of anilines is 1. The minimum atomic E-state index is 0.354. The van der Waals surface area contributed by atoms with Gasteiger partial charge in [-0.3, -0.25) is 0 Å². The van der Waals surface area contributed by atoms with Crippen LogP contribution in [-0.4, -0.2) is 19.1 Å². The van der Waals surface area contributed by atoms with Crippen LogP contribution in [0.4, 0.5) is 5.69 Å². The molecular weight excluding hydrogens is 208 g/mol. The highest BCUT2D eigenvalue weighted by atomic mass is 15.2. The molecule has 2 fully saturated rings. The van der Waals surface area contributed by atoms with Crippen molar-refractivity contribution >= 4 is 5.69 Å². The Hall–Kier alpha value is -1.02. The van der Waals surface area contributed by atoms with E-state index < -0.39 is 0 Å². The van der Waals surface area contributed by atoms with Crippen molar-refractivity contribution in [2.24, 2.45) is 17.6 Å². The molecule has 1 saturated carbocycles. The lowest BCUT2D eigenvalue weighted by Gasteiger charge is -2.38. The van der Waals surface area contributed by atoms with Crippen molar-refractivity contribution in [1.82, 2.24) is 0 Å². The van der Waals surface area contributed by atoms with Crippen molar-refractivity contribution in [3.05, 3.63) is 30.3 Å². The van der Waals surface area contributed by atoms with Gasteiger partial charge in [-0.2, -0.15) is 0 Å². The molecule has 2 aliphatic rings. The first-order valence-corrected chi connectivity index (χ1v) is 6.87. The number of nitrogens with zero attached hydrogens (tertiary/aromatic N) is 1. The summed E-state index contributed by atoms with van der Waals surface area (Å²) >= 11 is 0. The second kappa shape index (κ2) is 4.69. The Morgan fingerprint density at radius 3 is 2.53 bits per heavy atom. The van der Waals surface area contributed by atoms with E-state index in [4.69, 9.17) is 5.73 Å². The van der Waals surface area contributed by atoms with E-state index in [2.05, 4.69) is 35.2 Å². The van der Waals surface area contributed by atoms with Crippen LogP contribution in [0.1, 0.15) is 25.7 Å². The van der Waals surface area contributed by atoms with Crippen LogP contribution in [0.3, 0.4) is 0 Å². The molecule has 2 atom stereocenters. The zero-order valence-corrected chi connectivity index (χ0v) is 10.4. The van der Waals surface area contributed by atoms with E-state index >= 15 is 0 Å². The van der Waals surface area contributed by atoms with Crippen LogP contribution in [-0.2, 0) is 0 Å². The van der Waals surface area contributed by atoms with Crippen LogP contribution in [0.5, 0.6) is 0 Å². The average molecular weight is 230 g/mol. The van der Waals surface area contributed by atoms with E-state index in [0.29, 0.717) is 6.04 Å². The van der Waals surface area contributed by atoms with Crippen LogP contribution >= 0.6 is 0 Å². The Kier molecular flexibility index (Phi) is 3.06. The van der Waals surface area contributed by atoms with Crippen LogP contribution < -0.4 is 10.6 Å². The van der Waals surface area contributed by atoms with Gasteiger partial charge in [0.2, 0.25) is 0 Å². The molecule has 1 aromatic carbocycles. The highest BCUT2D eigenvalue weighted by Crippen LogP contribution is 2.38. The fourth-order valence-electron chi connectivity index (χ4n) is 3.09. The van der Waals surface area contributed by atoms with Crippen molar-refractivity contribution in [2.75, 3.05) is 18.0 Å². The molecule has 2 heteroatoms. The van der Waals surface area contributed by atoms with Crippen molar-refractivity contribution in [2.45, 2.75) is 31.7 Å². The number of hydrogen-bond acceptors (Lipinski definition) is 2. The highest BCUT2D eigenvalue weighted by molar-refractivity contribution is 5.46. The van der Waals surface area contributed by atoms with Gasteiger partial charge in [-0.25, -0.2) is 0 Å². The summed E-state index contributed by atoms with van der Waals surface area (Å²) in [7, 11) is 0. The Balaban J connectivity index is 1.67. The van der Waals surface area contributed by atoms with Gasteiger partial charge in [-0.1, -0.05) is 31.0 Å². The van der Waals surface area contributed by atoms with E-state index in [-0.39, 0.29) is 0 Å². The van der Waals surface area contributed by atoms with Gasteiger partial charge in [0, 0.05) is 24.8 Å². The predicted octanol–water partition coefficient (Wildman–Crippen LogP) is 2.64. The summed E-state index contributed by atoms with van der Waals surface area (Å²) in [5.74, 6) is 1.83. The largest absolute Gasteiger partial charge is 0.370 e. The maximum atomic E-state index is 6.21. The molecule has 1 saturated heterocycles. The summed E-state index contributed by atoms with van der Waals surface area (Å²) in [5.41, 5.74) is 7.54. The molecule has 17 heavy (non-hydrogen) atoms. The first kappa shape index (κ1) is 11.1. The van der Waals surface area contributed by atoms with Gasteiger partial charge >= 0.3 is 0 Å². The molecule has 0 spiro atoms. The zero-order valence-electron chi connectivity index (χ0n) is 10.4. The van der Waals surface area contributed by atoms with Crippen LogP contribution in [0, 0.1) is 11.8 Å². The number of para-hydroxylation sites is 1. The van der Waals surface area contributed by atoms with Gasteiger partial charge in [0.1, 0.15) is 0 Å². The van der Waals surface area contributed by atoms with Crippen molar-refractivity contribution in [3.63, 3.8) is 0 Å². The normalized spacial score (nSPS) is 29.4. The Morgan fingerprint density at radius 2 is 1.82 bits per heavy atom. The highest BCUT2D eigenvalue weighted by Gasteiger charge is 2.30. The molecule has 2 nitrogen and oxygen atoms in total. The molecule has 0 radical (unpaired) electrons. The molecule has 2 N–H and O–H groups in total. The second-order valence-corrected chi connectivity index (χ2v) is 5.78. The molecule has 3 rings (SSSR count). The number of piperidine rings is 1. The van der Waals surface area contributed by atoms with Gasteiger partial charge in [0.05, 0.1) is 0 Å². The van der Waals surface area contributed by atoms with Gasteiger partial charge in [0.15, 0.2) is 0 Å². The molecule has 0 bridgehead atoms. The Labute approximate surface area is 104 Å². The zero-order chi connectivity index (χ0) is 11.7. The first-order chi connectivity index (χ1) is 8.31.